The van der Waals surface area contributed by atoms with Crippen LogP contribution in [0.2, 0.25) is 0 Å². The zero-order chi connectivity index (χ0) is 20.7. The maximum atomic E-state index is 12.3. The van der Waals surface area contributed by atoms with Crippen molar-refractivity contribution in [1.29, 1.82) is 0 Å². The van der Waals surface area contributed by atoms with Crippen LogP contribution < -0.4 is 14.8 Å². The Morgan fingerprint density at radius 3 is 2.39 bits per heavy atom. The van der Waals surface area contributed by atoms with Crippen molar-refractivity contribution in [3.8, 4) is 11.5 Å². The van der Waals surface area contributed by atoms with E-state index in [1.54, 1.807) is 50.0 Å². The maximum absolute atomic E-state index is 12.3. The van der Waals surface area contributed by atoms with Gasteiger partial charge in [0, 0.05) is 13.5 Å². The summed E-state index contributed by atoms with van der Waals surface area (Å²) in [5.41, 5.74) is 2.19. The van der Waals surface area contributed by atoms with E-state index in [4.69, 9.17) is 14.2 Å². The van der Waals surface area contributed by atoms with Crippen LogP contribution in [0.25, 0.3) is 0 Å². The Morgan fingerprint density at radius 2 is 1.82 bits per heavy atom. The molecule has 1 N–H and O–H groups in total. The van der Waals surface area contributed by atoms with Crippen LogP contribution in [0, 0.1) is 13.8 Å². The van der Waals surface area contributed by atoms with Gasteiger partial charge in [0.25, 0.3) is 5.91 Å². The van der Waals surface area contributed by atoms with E-state index in [-0.39, 0.29) is 12.3 Å². The van der Waals surface area contributed by atoms with Crippen LogP contribution in [0.4, 0.5) is 5.69 Å². The second-order valence-corrected chi connectivity index (χ2v) is 6.42. The predicted octanol–water partition coefficient (Wildman–Crippen LogP) is 2.77. The molecule has 0 saturated heterocycles. The van der Waals surface area contributed by atoms with Crippen molar-refractivity contribution in [3.63, 3.8) is 0 Å². The lowest BCUT2D eigenvalue weighted by molar-refractivity contribution is -0.153. The molecule has 1 heterocycles. The average molecular weight is 389 g/mol. The zero-order valence-corrected chi connectivity index (χ0v) is 16.9. The summed E-state index contributed by atoms with van der Waals surface area (Å²) in [6.07, 6.45) is -0.243. The molecule has 2 aromatic rings. The summed E-state index contributed by atoms with van der Waals surface area (Å²) in [6.45, 7) is 5.58. The molecule has 0 unspecified atom stereocenters. The van der Waals surface area contributed by atoms with E-state index in [9.17, 15) is 9.59 Å². The third-order valence-corrected chi connectivity index (χ3v) is 4.29. The highest BCUT2D eigenvalue weighted by atomic mass is 16.5. The van der Waals surface area contributed by atoms with E-state index in [2.05, 4.69) is 10.4 Å². The van der Waals surface area contributed by atoms with Crippen LogP contribution in [0.1, 0.15) is 31.2 Å². The number of rotatable bonds is 9. The number of ether oxygens (including phenoxy) is 3. The van der Waals surface area contributed by atoms with Crippen molar-refractivity contribution < 1.29 is 23.8 Å². The molecule has 28 heavy (non-hydrogen) atoms. The summed E-state index contributed by atoms with van der Waals surface area (Å²) in [6, 6.07) is 7.20. The quantitative estimate of drug-likeness (QED) is 0.524. The Bertz CT molecular complexity index is 814. The number of aryl methyl sites for hydroxylation is 2. The van der Waals surface area contributed by atoms with Crippen molar-refractivity contribution in [2.24, 2.45) is 7.05 Å². The highest BCUT2D eigenvalue weighted by Crippen LogP contribution is 2.19. The number of nitrogens with one attached hydrogen (secondary N) is 1. The second-order valence-electron chi connectivity index (χ2n) is 6.42. The SMILES string of the molecule is COc1ccc(OCCCC(=O)O[C@H](C)C(=O)Nc2c(C)nn(C)c2C)cc1. The van der Waals surface area contributed by atoms with Gasteiger partial charge >= 0.3 is 5.97 Å². The third kappa shape index (κ3) is 5.73. The molecule has 0 spiro atoms. The molecule has 0 aliphatic rings. The fourth-order valence-electron chi connectivity index (χ4n) is 2.57. The number of hydrogen-bond donors (Lipinski definition) is 1. The van der Waals surface area contributed by atoms with Crippen LogP contribution in [-0.4, -0.2) is 41.5 Å². The molecule has 0 radical (unpaired) electrons. The monoisotopic (exact) mass is 389 g/mol. The Hall–Kier alpha value is -3.03. The first kappa shape index (κ1) is 21.3. The van der Waals surface area contributed by atoms with Crippen LogP contribution in [0.15, 0.2) is 24.3 Å². The maximum Gasteiger partial charge on any atom is 0.306 e. The molecule has 1 amide bonds. The van der Waals surface area contributed by atoms with Gasteiger partial charge in [0.15, 0.2) is 6.10 Å². The molecule has 0 bridgehead atoms. The molecule has 0 aliphatic heterocycles. The van der Waals surface area contributed by atoms with E-state index in [0.29, 0.717) is 30.2 Å². The molecule has 8 heteroatoms. The van der Waals surface area contributed by atoms with Gasteiger partial charge in [-0.2, -0.15) is 5.10 Å². The van der Waals surface area contributed by atoms with Crippen LogP contribution >= 0.6 is 0 Å². The lowest BCUT2D eigenvalue weighted by atomic mass is 10.2. The summed E-state index contributed by atoms with van der Waals surface area (Å²) >= 11 is 0. The normalized spacial score (nSPS) is 11.6. The van der Waals surface area contributed by atoms with Crippen molar-refractivity contribution >= 4 is 17.6 Å². The first-order valence-corrected chi connectivity index (χ1v) is 9.09. The van der Waals surface area contributed by atoms with E-state index < -0.39 is 12.1 Å². The Morgan fingerprint density at radius 1 is 1.18 bits per heavy atom. The van der Waals surface area contributed by atoms with Gasteiger partial charge in [0.1, 0.15) is 11.5 Å². The highest BCUT2D eigenvalue weighted by molar-refractivity contribution is 5.96. The molecule has 1 aromatic carbocycles. The number of methoxy groups -OCH3 is 1. The van der Waals surface area contributed by atoms with Crippen molar-refractivity contribution in [3.05, 3.63) is 35.7 Å². The second kappa shape index (κ2) is 9.77. The summed E-state index contributed by atoms with van der Waals surface area (Å²) < 4.78 is 17.5. The predicted molar refractivity (Wildman–Crippen MR) is 105 cm³/mol. The molecular formula is C20H27N3O5. The van der Waals surface area contributed by atoms with E-state index >= 15 is 0 Å². The minimum Gasteiger partial charge on any atom is -0.497 e. The van der Waals surface area contributed by atoms with Gasteiger partial charge in [-0.05, 0) is 51.5 Å². The van der Waals surface area contributed by atoms with E-state index in [1.807, 2.05) is 13.8 Å². The van der Waals surface area contributed by atoms with Gasteiger partial charge in [0.05, 0.1) is 30.8 Å². The van der Waals surface area contributed by atoms with Crippen LogP contribution in [0.3, 0.4) is 0 Å². The van der Waals surface area contributed by atoms with Gasteiger partial charge in [-0.3, -0.25) is 14.3 Å². The first-order chi connectivity index (χ1) is 13.3. The standard InChI is InChI=1S/C20H27N3O5/c1-13-19(14(2)23(4)22-13)21-20(25)15(3)28-18(24)7-6-12-27-17-10-8-16(26-5)9-11-17/h8-11,15H,6-7,12H2,1-5H3,(H,21,25)/t15-/m1/s1. The molecule has 2 rings (SSSR count). The Kier molecular flexibility index (Phi) is 7.43. The number of aromatic nitrogens is 2. The number of amides is 1. The number of esters is 1. The zero-order valence-electron chi connectivity index (χ0n) is 16.9. The number of nitrogens with zero attached hydrogens (tertiary/aromatic N) is 2. The van der Waals surface area contributed by atoms with Gasteiger partial charge in [0.2, 0.25) is 0 Å². The fraction of sp³-hybridized carbons (Fsp3) is 0.450. The summed E-state index contributed by atoms with van der Waals surface area (Å²) in [5.74, 6) is 0.617. The molecule has 0 fully saturated rings. The van der Waals surface area contributed by atoms with E-state index in [1.165, 1.54) is 0 Å². The molecule has 1 aromatic heterocycles. The molecule has 152 valence electrons. The third-order valence-electron chi connectivity index (χ3n) is 4.29. The lowest BCUT2D eigenvalue weighted by Gasteiger charge is -2.14. The Labute approximate surface area is 164 Å². The van der Waals surface area contributed by atoms with Gasteiger partial charge in [-0.25, -0.2) is 0 Å². The number of anilines is 1. The summed E-state index contributed by atoms with van der Waals surface area (Å²) in [4.78, 5) is 24.2. The van der Waals surface area contributed by atoms with Gasteiger partial charge in [-0.15, -0.1) is 0 Å². The molecule has 0 saturated carbocycles. The highest BCUT2D eigenvalue weighted by Gasteiger charge is 2.20. The first-order valence-electron chi connectivity index (χ1n) is 9.09. The largest absolute Gasteiger partial charge is 0.497 e. The van der Waals surface area contributed by atoms with Crippen LogP contribution in [0.5, 0.6) is 11.5 Å². The molecular weight excluding hydrogens is 362 g/mol. The average Bonchev–Trinajstić information content (AvgIpc) is 2.91. The topological polar surface area (TPSA) is 91.7 Å². The molecule has 8 nitrogen and oxygen atoms in total. The molecule has 1 atom stereocenters. The number of hydrogen-bond acceptors (Lipinski definition) is 6. The van der Waals surface area contributed by atoms with E-state index in [0.717, 1.165) is 11.4 Å². The van der Waals surface area contributed by atoms with Crippen LogP contribution in [-0.2, 0) is 21.4 Å². The fourth-order valence-corrected chi connectivity index (χ4v) is 2.57. The van der Waals surface area contributed by atoms with Gasteiger partial charge in [-0.1, -0.05) is 0 Å². The molecule has 0 aliphatic carbocycles. The number of carbonyl (C=O) groups is 2. The lowest BCUT2D eigenvalue weighted by Crippen LogP contribution is -2.30. The number of benzene rings is 1. The van der Waals surface area contributed by atoms with Gasteiger partial charge < -0.3 is 19.5 Å². The minimum atomic E-state index is -0.894. The van der Waals surface area contributed by atoms with Crippen molar-refractivity contribution in [2.75, 3.05) is 19.0 Å². The Balaban J connectivity index is 1.71. The summed E-state index contributed by atoms with van der Waals surface area (Å²) in [7, 11) is 3.40. The smallest absolute Gasteiger partial charge is 0.306 e. The van der Waals surface area contributed by atoms with Crippen molar-refractivity contribution in [2.45, 2.75) is 39.7 Å². The minimum absolute atomic E-state index is 0.165. The van der Waals surface area contributed by atoms with Crippen molar-refractivity contribution in [1.82, 2.24) is 9.78 Å². The summed E-state index contributed by atoms with van der Waals surface area (Å²) in [5, 5.41) is 7.01. The number of carbonyl (C=O) groups excluding carboxylic acids is 2.